The maximum Gasteiger partial charge on any atom is 0.165 e. The van der Waals surface area contributed by atoms with E-state index in [1.54, 1.807) is 26.2 Å². The van der Waals surface area contributed by atoms with Crippen LogP contribution in [0.5, 0.6) is 0 Å². The number of hydrogen-bond acceptors (Lipinski definition) is 2. The molecule has 0 spiro atoms. The molecule has 1 atom stereocenters. The van der Waals surface area contributed by atoms with Crippen LogP contribution < -0.4 is 0 Å². The Balaban J connectivity index is 2.76. The average molecular weight is 224 g/mol. The standard InChI is InChI=1S/C13H17FO2/c1-9-4-5-11(8-12(9)14)13(15)10(2)6-7-16-3/h4-5,8,10H,6-7H2,1-3H3. The molecule has 1 aromatic rings. The Morgan fingerprint density at radius 1 is 1.50 bits per heavy atom. The summed E-state index contributed by atoms with van der Waals surface area (Å²) in [5.41, 5.74) is 0.993. The van der Waals surface area contributed by atoms with Gasteiger partial charge in [-0.2, -0.15) is 0 Å². The minimum absolute atomic E-state index is 0.0315. The van der Waals surface area contributed by atoms with Crippen molar-refractivity contribution in [3.8, 4) is 0 Å². The lowest BCUT2D eigenvalue weighted by Crippen LogP contribution is -2.13. The number of halogens is 1. The quantitative estimate of drug-likeness (QED) is 0.719. The lowest BCUT2D eigenvalue weighted by molar-refractivity contribution is 0.0893. The van der Waals surface area contributed by atoms with Crippen molar-refractivity contribution in [3.05, 3.63) is 35.1 Å². The highest BCUT2D eigenvalue weighted by molar-refractivity contribution is 5.97. The highest BCUT2D eigenvalue weighted by atomic mass is 19.1. The Bertz CT molecular complexity index is 374. The number of methoxy groups -OCH3 is 1. The van der Waals surface area contributed by atoms with Crippen molar-refractivity contribution < 1.29 is 13.9 Å². The molecule has 0 aliphatic carbocycles. The summed E-state index contributed by atoms with van der Waals surface area (Å²) in [4.78, 5) is 11.9. The molecule has 1 rings (SSSR count). The fraction of sp³-hybridized carbons (Fsp3) is 0.462. The van der Waals surface area contributed by atoms with Gasteiger partial charge in [0.05, 0.1) is 0 Å². The van der Waals surface area contributed by atoms with Crippen LogP contribution in [0.4, 0.5) is 4.39 Å². The van der Waals surface area contributed by atoms with Crippen LogP contribution in [0.25, 0.3) is 0 Å². The van der Waals surface area contributed by atoms with E-state index < -0.39 is 0 Å². The molecule has 0 saturated carbocycles. The molecular formula is C13H17FO2. The number of aryl methyl sites for hydroxylation is 1. The van der Waals surface area contributed by atoms with Crippen molar-refractivity contribution >= 4 is 5.78 Å². The zero-order chi connectivity index (χ0) is 12.1. The van der Waals surface area contributed by atoms with Gasteiger partial charge < -0.3 is 4.74 Å². The van der Waals surface area contributed by atoms with Crippen LogP contribution in [0.15, 0.2) is 18.2 Å². The summed E-state index contributed by atoms with van der Waals surface area (Å²) >= 11 is 0. The van der Waals surface area contributed by atoms with Gasteiger partial charge in [0.1, 0.15) is 5.82 Å². The zero-order valence-electron chi connectivity index (χ0n) is 9.92. The summed E-state index contributed by atoms with van der Waals surface area (Å²) < 4.78 is 18.2. The van der Waals surface area contributed by atoms with Gasteiger partial charge in [-0.3, -0.25) is 4.79 Å². The van der Waals surface area contributed by atoms with Crippen LogP contribution in [-0.2, 0) is 4.74 Å². The summed E-state index contributed by atoms with van der Waals surface area (Å²) in [7, 11) is 1.60. The van der Waals surface area contributed by atoms with Crippen LogP contribution in [0.1, 0.15) is 29.3 Å². The monoisotopic (exact) mass is 224 g/mol. The Morgan fingerprint density at radius 3 is 2.75 bits per heavy atom. The van der Waals surface area contributed by atoms with Crippen molar-refractivity contribution in [2.24, 2.45) is 5.92 Å². The Labute approximate surface area is 95.4 Å². The smallest absolute Gasteiger partial charge is 0.165 e. The van der Waals surface area contributed by atoms with Crippen LogP contribution in [0, 0.1) is 18.7 Å². The van der Waals surface area contributed by atoms with Crippen molar-refractivity contribution in [3.63, 3.8) is 0 Å². The van der Waals surface area contributed by atoms with Crippen molar-refractivity contribution in [2.45, 2.75) is 20.3 Å². The van der Waals surface area contributed by atoms with Gasteiger partial charge in [-0.25, -0.2) is 4.39 Å². The third-order valence-corrected chi connectivity index (χ3v) is 2.66. The molecule has 0 aromatic heterocycles. The van der Waals surface area contributed by atoms with E-state index in [0.29, 0.717) is 24.2 Å². The molecule has 88 valence electrons. The molecule has 0 heterocycles. The maximum atomic E-state index is 13.3. The number of Topliss-reactive ketones (excluding diaryl/α,β-unsaturated/α-hetero) is 1. The summed E-state index contributed by atoms with van der Waals surface area (Å²) in [6.45, 7) is 4.05. The van der Waals surface area contributed by atoms with Crippen LogP contribution >= 0.6 is 0 Å². The van der Waals surface area contributed by atoms with Gasteiger partial charge in [-0.15, -0.1) is 0 Å². The van der Waals surface area contributed by atoms with E-state index in [1.165, 1.54) is 6.07 Å². The molecule has 0 saturated heterocycles. The number of carbonyl (C=O) groups excluding carboxylic acids is 1. The molecule has 0 bridgehead atoms. The molecular weight excluding hydrogens is 207 g/mol. The first-order chi connectivity index (χ1) is 7.56. The molecule has 16 heavy (non-hydrogen) atoms. The summed E-state index contributed by atoms with van der Waals surface area (Å²) in [5, 5.41) is 0. The largest absolute Gasteiger partial charge is 0.385 e. The van der Waals surface area contributed by atoms with Crippen molar-refractivity contribution in [1.29, 1.82) is 0 Å². The fourth-order valence-electron chi connectivity index (χ4n) is 1.46. The molecule has 0 aliphatic rings. The summed E-state index contributed by atoms with van der Waals surface area (Å²) in [5.74, 6) is -0.497. The van der Waals surface area contributed by atoms with Gasteiger partial charge in [0.25, 0.3) is 0 Å². The number of rotatable bonds is 5. The first kappa shape index (κ1) is 12.8. The normalized spacial score (nSPS) is 12.5. The lowest BCUT2D eigenvalue weighted by atomic mass is 9.96. The molecule has 0 N–H and O–H groups in total. The number of ether oxygens (including phenoxy) is 1. The number of hydrogen-bond donors (Lipinski definition) is 0. The third kappa shape index (κ3) is 3.14. The highest BCUT2D eigenvalue weighted by Gasteiger charge is 2.15. The van der Waals surface area contributed by atoms with Crippen LogP contribution in [0.2, 0.25) is 0 Å². The Morgan fingerprint density at radius 2 is 2.19 bits per heavy atom. The SMILES string of the molecule is COCCC(C)C(=O)c1ccc(C)c(F)c1. The second-order valence-electron chi connectivity index (χ2n) is 4.01. The molecule has 0 aliphatic heterocycles. The van der Waals surface area contributed by atoms with Gasteiger partial charge in [0.2, 0.25) is 0 Å². The van der Waals surface area contributed by atoms with Gasteiger partial charge in [-0.05, 0) is 25.0 Å². The Hall–Kier alpha value is -1.22. The fourth-order valence-corrected chi connectivity index (χ4v) is 1.46. The third-order valence-electron chi connectivity index (χ3n) is 2.66. The molecule has 1 aromatic carbocycles. The van der Waals surface area contributed by atoms with Gasteiger partial charge >= 0.3 is 0 Å². The average Bonchev–Trinajstić information content (AvgIpc) is 2.28. The first-order valence-electron chi connectivity index (χ1n) is 5.35. The minimum Gasteiger partial charge on any atom is -0.385 e. The Kier molecular flexibility index (Phi) is 4.62. The maximum absolute atomic E-state index is 13.3. The molecule has 0 amide bonds. The minimum atomic E-state index is -0.329. The zero-order valence-corrected chi connectivity index (χ0v) is 9.92. The molecule has 0 fully saturated rings. The van der Waals surface area contributed by atoms with E-state index in [-0.39, 0.29) is 17.5 Å². The topological polar surface area (TPSA) is 26.3 Å². The lowest BCUT2D eigenvalue weighted by Gasteiger charge is -2.10. The van der Waals surface area contributed by atoms with E-state index in [2.05, 4.69) is 0 Å². The van der Waals surface area contributed by atoms with Crippen LogP contribution in [0.3, 0.4) is 0 Å². The predicted octanol–water partition coefficient (Wildman–Crippen LogP) is 2.99. The van der Waals surface area contributed by atoms with Gasteiger partial charge in [-0.1, -0.05) is 19.1 Å². The van der Waals surface area contributed by atoms with E-state index >= 15 is 0 Å². The second-order valence-corrected chi connectivity index (χ2v) is 4.01. The highest BCUT2D eigenvalue weighted by Crippen LogP contribution is 2.15. The second kappa shape index (κ2) is 5.75. The van der Waals surface area contributed by atoms with Crippen LogP contribution in [-0.4, -0.2) is 19.5 Å². The molecule has 3 heteroatoms. The number of benzene rings is 1. The number of carbonyl (C=O) groups is 1. The summed E-state index contributed by atoms with van der Waals surface area (Å²) in [6.07, 6.45) is 0.658. The van der Waals surface area contributed by atoms with Crippen molar-refractivity contribution in [1.82, 2.24) is 0 Å². The molecule has 2 nitrogen and oxygen atoms in total. The van der Waals surface area contributed by atoms with Gasteiger partial charge in [0, 0.05) is 25.2 Å². The number of ketones is 1. The van der Waals surface area contributed by atoms with E-state index in [4.69, 9.17) is 4.74 Å². The van der Waals surface area contributed by atoms with Crippen molar-refractivity contribution in [2.75, 3.05) is 13.7 Å². The van der Waals surface area contributed by atoms with Gasteiger partial charge in [0.15, 0.2) is 5.78 Å². The molecule has 0 radical (unpaired) electrons. The van der Waals surface area contributed by atoms with E-state index in [1.807, 2.05) is 6.92 Å². The molecule has 1 unspecified atom stereocenters. The predicted molar refractivity (Wildman–Crippen MR) is 61.1 cm³/mol. The van der Waals surface area contributed by atoms with E-state index in [0.717, 1.165) is 0 Å². The summed E-state index contributed by atoms with van der Waals surface area (Å²) in [6, 6.07) is 4.61. The van der Waals surface area contributed by atoms with E-state index in [9.17, 15) is 9.18 Å². The first-order valence-corrected chi connectivity index (χ1v) is 5.35.